The predicted molar refractivity (Wildman–Crippen MR) is 54.0 cm³/mol. The molecule has 1 heteroatoms. The van der Waals surface area contributed by atoms with E-state index in [1.54, 1.807) is 0 Å². The van der Waals surface area contributed by atoms with Crippen molar-refractivity contribution in [3.63, 3.8) is 0 Å². The van der Waals surface area contributed by atoms with Crippen molar-refractivity contribution in [2.45, 2.75) is 6.42 Å². The minimum Gasteiger partial charge on any atom is -0.309 e. The lowest BCUT2D eigenvalue weighted by Crippen LogP contribution is -2.08. The lowest BCUT2D eigenvalue weighted by Gasteiger charge is -1.90. The Morgan fingerprint density at radius 3 is 2.00 bits per heavy atom. The van der Waals surface area contributed by atoms with Crippen LogP contribution in [0.3, 0.4) is 0 Å². The van der Waals surface area contributed by atoms with E-state index in [9.17, 15) is 0 Å². The minimum atomic E-state index is 1.05. The normalized spacial score (nSPS) is 19.7. The molecule has 0 amide bonds. The van der Waals surface area contributed by atoms with E-state index in [4.69, 9.17) is 0 Å². The third-order valence-corrected chi connectivity index (χ3v) is 1.95. The van der Waals surface area contributed by atoms with Gasteiger partial charge in [0.15, 0.2) is 0 Å². The highest BCUT2D eigenvalue weighted by Gasteiger charge is 2.08. The molecule has 0 aromatic rings. The molecule has 1 N–H and O–H groups in total. The molecule has 0 radical (unpaired) electrons. The van der Waals surface area contributed by atoms with Crippen molar-refractivity contribution >= 4 is 0 Å². The van der Waals surface area contributed by atoms with Gasteiger partial charge in [-0.25, -0.2) is 0 Å². The van der Waals surface area contributed by atoms with Crippen LogP contribution in [0.25, 0.3) is 0 Å². The first kappa shape index (κ1) is 9.01. The summed E-state index contributed by atoms with van der Waals surface area (Å²) < 4.78 is 0. The average Bonchev–Trinajstić information content (AvgIpc) is 2.46. The summed E-state index contributed by atoms with van der Waals surface area (Å²) in [7, 11) is 0. The molecule has 0 saturated heterocycles. The number of hydrogen-bond donors (Lipinski definition) is 1. The zero-order valence-electron chi connectivity index (χ0n) is 7.34. The van der Waals surface area contributed by atoms with Crippen molar-refractivity contribution in [2.75, 3.05) is 13.1 Å². The van der Waals surface area contributed by atoms with Gasteiger partial charge in [0.05, 0.1) is 0 Å². The van der Waals surface area contributed by atoms with Gasteiger partial charge in [-0.1, -0.05) is 24.3 Å². The molecule has 0 fully saturated rings. The van der Waals surface area contributed by atoms with E-state index in [1.807, 2.05) is 0 Å². The largest absolute Gasteiger partial charge is 0.309 e. The van der Waals surface area contributed by atoms with Crippen molar-refractivity contribution in [2.24, 2.45) is 0 Å². The second-order valence-corrected chi connectivity index (χ2v) is 2.69. The van der Waals surface area contributed by atoms with E-state index in [1.165, 1.54) is 11.1 Å². The van der Waals surface area contributed by atoms with Gasteiger partial charge >= 0.3 is 0 Å². The smallest absolute Gasteiger partial charge is 0.0211 e. The third kappa shape index (κ3) is 1.95. The molecule has 64 valence electrons. The molecular weight excluding hydrogens is 146 g/mol. The summed E-state index contributed by atoms with van der Waals surface area (Å²) in [6, 6.07) is 0. The monoisotopic (exact) mass is 161 g/mol. The highest BCUT2D eigenvalue weighted by atomic mass is 14.9. The molecule has 12 heavy (non-hydrogen) atoms. The van der Waals surface area contributed by atoms with Crippen molar-refractivity contribution in [1.29, 1.82) is 0 Å². The Labute approximate surface area is 74.2 Å². The maximum Gasteiger partial charge on any atom is 0.0211 e. The van der Waals surface area contributed by atoms with E-state index in [0.29, 0.717) is 0 Å². The van der Waals surface area contributed by atoms with E-state index >= 15 is 0 Å². The zero-order chi connectivity index (χ0) is 8.81. The molecule has 2 aliphatic rings. The molecule has 1 aliphatic heterocycles. The number of hydrogen-bond acceptors (Lipinski definition) is 1. The molecular formula is C11H15N. The minimum absolute atomic E-state index is 1.05. The topological polar surface area (TPSA) is 12.0 Å². The van der Waals surface area contributed by atoms with Crippen molar-refractivity contribution < 1.29 is 0 Å². The fourth-order valence-corrected chi connectivity index (χ4v) is 1.39. The quantitative estimate of drug-likeness (QED) is 0.537. The fraction of sp³-hybridized carbons (Fsp3) is 0.273. The van der Waals surface area contributed by atoms with Gasteiger partial charge in [0.1, 0.15) is 0 Å². The van der Waals surface area contributed by atoms with Crippen LogP contribution in [0, 0.1) is 0 Å². The van der Waals surface area contributed by atoms with Crippen LogP contribution in [0.15, 0.2) is 48.6 Å². The van der Waals surface area contributed by atoms with Gasteiger partial charge in [-0.2, -0.15) is 0 Å². The summed E-state index contributed by atoms with van der Waals surface area (Å²) in [5.41, 5.74) is 2.93. The molecule has 0 bridgehead atoms. The highest BCUT2D eigenvalue weighted by molar-refractivity contribution is 5.40. The summed E-state index contributed by atoms with van der Waals surface area (Å²) in [5, 5.41) is 3.32. The van der Waals surface area contributed by atoms with Gasteiger partial charge in [-0.3, -0.25) is 0 Å². The highest BCUT2D eigenvalue weighted by Crippen LogP contribution is 2.15. The van der Waals surface area contributed by atoms with Crippen LogP contribution in [0.1, 0.15) is 6.42 Å². The Kier molecular flexibility index (Phi) is 3.55. The molecule has 0 atom stereocenters. The Balaban J connectivity index is 0.000000336. The van der Waals surface area contributed by atoms with E-state index in [2.05, 4.69) is 42.8 Å². The molecule has 0 saturated carbocycles. The Morgan fingerprint density at radius 1 is 1.00 bits per heavy atom. The van der Waals surface area contributed by atoms with Crippen LogP contribution in [0.4, 0.5) is 0 Å². The first-order valence-electron chi connectivity index (χ1n) is 4.22. The first-order chi connectivity index (χ1) is 5.97. The standard InChI is InChI=1S/C9H11N.C2H4/c1-2-4-8-6-10-7-9(8)5-3-1;1-2/h2-5,10H,1,6-7H2;1-2H2. The van der Waals surface area contributed by atoms with Gasteiger partial charge in [0, 0.05) is 13.1 Å². The lowest BCUT2D eigenvalue weighted by atomic mass is 10.1. The van der Waals surface area contributed by atoms with Gasteiger partial charge in [-0.05, 0) is 17.6 Å². The van der Waals surface area contributed by atoms with Gasteiger partial charge in [-0.15, -0.1) is 13.2 Å². The van der Waals surface area contributed by atoms with Crippen molar-refractivity contribution in [1.82, 2.24) is 5.32 Å². The van der Waals surface area contributed by atoms with E-state index in [0.717, 1.165) is 19.5 Å². The molecule has 0 unspecified atom stereocenters. The molecule has 2 rings (SSSR count). The molecule has 1 nitrogen and oxygen atoms in total. The van der Waals surface area contributed by atoms with Crippen LogP contribution in [0.5, 0.6) is 0 Å². The average molecular weight is 161 g/mol. The summed E-state index contributed by atoms with van der Waals surface area (Å²) >= 11 is 0. The molecule has 0 aromatic heterocycles. The van der Waals surface area contributed by atoms with Gasteiger partial charge < -0.3 is 5.32 Å². The summed E-state index contributed by atoms with van der Waals surface area (Å²) in [6.07, 6.45) is 9.98. The summed E-state index contributed by atoms with van der Waals surface area (Å²) in [4.78, 5) is 0. The van der Waals surface area contributed by atoms with Gasteiger partial charge in [0.25, 0.3) is 0 Å². The first-order valence-corrected chi connectivity index (χ1v) is 4.22. The second-order valence-electron chi connectivity index (χ2n) is 2.69. The number of rotatable bonds is 0. The zero-order valence-corrected chi connectivity index (χ0v) is 7.34. The van der Waals surface area contributed by atoms with E-state index in [-0.39, 0.29) is 0 Å². The second kappa shape index (κ2) is 4.73. The number of allylic oxidation sites excluding steroid dienone is 2. The Hall–Kier alpha value is -1.08. The molecule has 1 heterocycles. The third-order valence-electron chi connectivity index (χ3n) is 1.95. The maximum atomic E-state index is 3.32. The van der Waals surface area contributed by atoms with Gasteiger partial charge in [0.2, 0.25) is 0 Å². The van der Waals surface area contributed by atoms with Crippen LogP contribution in [-0.2, 0) is 0 Å². The van der Waals surface area contributed by atoms with Crippen LogP contribution >= 0.6 is 0 Å². The Bertz CT molecular complexity index is 211. The summed E-state index contributed by atoms with van der Waals surface area (Å²) in [6.45, 7) is 8.10. The lowest BCUT2D eigenvalue weighted by molar-refractivity contribution is 0.873. The molecule has 1 aliphatic carbocycles. The Morgan fingerprint density at radius 2 is 1.50 bits per heavy atom. The predicted octanol–water partition coefficient (Wildman–Crippen LogP) is 2.20. The molecule has 0 aromatic carbocycles. The van der Waals surface area contributed by atoms with Crippen molar-refractivity contribution in [3.05, 3.63) is 48.6 Å². The SMILES string of the molecule is C1=CC2=C(C=CC1)CNC2.C=C. The van der Waals surface area contributed by atoms with Crippen LogP contribution in [0.2, 0.25) is 0 Å². The van der Waals surface area contributed by atoms with Crippen LogP contribution in [-0.4, -0.2) is 13.1 Å². The number of nitrogens with one attached hydrogen (secondary N) is 1. The molecule has 0 spiro atoms. The van der Waals surface area contributed by atoms with Crippen molar-refractivity contribution in [3.8, 4) is 0 Å². The maximum absolute atomic E-state index is 3.32. The van der Waals surface area contributed by atoms with Crippen LogP contribution < -0.4 is 5.32 Å². The fourth-order valence-electron chi connectivity index (χ4n) is 1.39. The van der Waals surface area contributed by atoms with E-state index < -0.39 is 0 Å². The summed E-state index contributed by atoms with van der Waals surface area (Å²) in [5.74, 6) is 0.